The third-order valence-electron chi connectivity index (χ3n) is 7.75. The van der Waals surface area contributed by atoms with E-state index in [9.17, 15) is 23.8 Å². The lowest BCUT2D eigenvalue weighted by atomic mass is 10.0. The summed E-state index contributed by atoms with van der Waals surface area (Å²) in [4.78, 5) is 54.2. The Morgan fingerprint density at radius 1 is 0.603 bits per heavy atom. The van der Waals surface area contributed by atoms with Crippen molar-refractivity contribution in [3.8, 4) is 5.75 Å². The van der Waals surface area contributed by atoms with Gasteiger partial charge in [-0.1, -0.05) is 33.4 Å². The van der Waals surface area contributed by atoms with Crippen molar-refractivity contribution in [3.05, 3.63) is 29.8 Å². The number of carbonyl (C=O) groups is 3. The highest BCUT2D eigenvalue weighted by molar-refractivity contribution is 7.52. The van der Waals surface area contributed by atoms with Gasteiger partial charge in [0, 0.05) is 46.6 Å². The van der Waals surface area contributed by atoms with Gasteiger partial charge in [0.25, 0.3) is 0 Å². The largest absolute Gasteiger partial charge is 0.769 e. The summed E-state index contributed by atoms with van der Waals surface area (Å²) in [5, 5.41) is 8.41. The molecule has 58 heavy (non-hydrogen) atoms. The first kappa shape index (κ1) is 55.2. The lowest BCUT2D eigenvalue weighted by Gasteiger charge is -2.30. The van der Waals surface area contributed by atoms with Crippen LogP contribution in [-0.4, -0.2) is 187 Å². The highest BCUT2D eigenvalue weighted by Crippen LogP contribution is 2.43. The summed E-state index contributed by atoms with van der Waals surface area (Å²) in [5.74, 6) is -1.19. The van der Waals surface area contributed by atoms with Gasteiger partial charge in [-0.25, -0.2) is 0 Å². The normalized spacial score (nSPS) is 12.8. The average Bonchev–Trinajstić information content (AvgIpc) is 3.18. The molecule has 2 atom stereocenters. The van der Waals surface area contributed by atoms with Gasteiger partial charge in [-0.15, -0.1) is 0 Å². The fourth-order valence-corrected chi connectivity index (χ4v) is 5.22. The van der Waals surface area contributed by atoms with E-state index in [1.165, 1.54) is 30.9 Å². The van der Waals surface area contributed by atoms with Crippen LogP contribution in [0.15, 0.2) is 24.3 Å². The maximum Gasteiger partial charge on any atom is 0.237 e. The molecule has 1 rings (SSSR count). The highest BCUT2D eigenvalue weighted by Gasteiger charge is 2.30. The molecule has 0 heterocycles. The van der Waals surface area contributed by atoms with E-state index >= 15 is 0 Å². The molecular formula is C38H70N4O15P-. The van der Waals surface area contributed by atoms with Gasteiger partial charge in [0.05, 0.1) is 118 Å². The van der Waals surface area contributed by atoms with Crippen LogP contribution in [0.5, 0.6) is 5.75 Å². The lowest BCUT2D eigenvalue weighted by molar-refractivity contribution is -0.192. The van der Waals surface area contributed by atoms with Crippen molar-refractivity contribution in [2.24, 2.45) is 0 Å². The molecule has 0 saturated carbocycles. The first-order valence-corrected chi connectivity index (χ1v) is 20.7. The van der Waals surface area contributed by atoms with E-state index in [1.54, 1.807) is 33.5 Å². The number of methoxy groups -OCH3 is 3. The molecule has 0 fully saturated rings. The number of hydrogen-bond acceptors (Lipinski definition) is 16. The molecule has 338 valence electrons. The molecule has 20 heteroatoms. The van der Waals surface area contributed by atoms with Gasteiger partial charge in [-0.05, 0) is 24.1 Å². The minimum atomic E-state index is -4.14. The predicted octanol–water partition coefficient (Wildman–Crippen LogP) is 0.264. The number of amides is 3. The van der Waals surface area contributed by atoms with Crippen molar-refractivity contribution in [2.75, 3.05) is 153 Å². The first-order valence-electron chi connectivity index (χ1n) is 19.1. The molecular weight excluding hydrogens is 783 g/mol. The number of nitrogens with zero attached hydrogens (tertiary/aromatic N) is 1. The van der Waals surface area contributed by atoms with Crippen LogP contribution in [0.25, 0.3) is 0 Å². The van der Waals surface area contributed by atoms with Crippen LogP contribution in [0.4, 0.5) is 0 Å². The molecule has 0 aliphatic rings. The van der Waals surface area contributed by atoms with Crippen LogP contribution < -0.4 is 25.4 Å². The number of carbonyl (C=O) groups excluding carboxylic acids is 3. The maximum atomic E-state index is 13.8. The van der Waals surface area contributed by atoms with Crippen LogP contribution >= 0.6 is 7.60 Å². The lowest BCUT2D eigenvalue weighted by Crippen LogP contribution is -2.54. The maximum absolute atomic E-state index is 13.8. The standard InChI is InChI=1S/C37H67N4O15P.CH4/c1-31(2)57(45,46)56-33-8-6-32(7-9-33)28-34(37(44)40-12-15-52-24-27-55-21-18-49-5)41(29-35(42)38-10-13-50-22-25-53-19-16-47-3)30-36(43)39-11-14-51-23-26-54-20-17-48-4;/h6-9,31,34H,10-30H2,1-5H3,(H,38,42)(H,39,43)(H,40,44)(H,45,46);1H4/p-1. The second kappa shape index (κ2) is 36.1. The molecule has 3 amide bonds. The SMILES string of the molecule is C.COCCOCCOCCNC(=O)CN(CC(=O)NCCOCCOCCOC)C(Cc1ccc(OP(=O)([O-])C(C)C)cc1)C(=O)NCCOCCOCCOC. The van der Waals surface area contributed by atoms with Crippen LogP contribution in [0, 0.1) is 0 Å². The molecule has 0 bridgehead atoms. The minimum absolute atomic E-state index is 0. The van der Waals surface area contributed by atoms with Crippen LogP contribution in [0.3, 0.4) is 0 Å². The Kier molecular flexibility index (Phi) is 34.4. The van der Waals surface area contributed by atoms with E-state index in [4.69, 9.17) is 47.2 Å². The molecule has 19 nitrogen and oxygen atoms in total. The summed E-state index contributed by atoms with van der Waals surface area (Å²) in [6, 6.07) is 5.25. The zero-order valence-electron chi connectivity index (χ0n) is 34.3. The van der Waals surface area contributed by atoms with Crippen molar-refractivity contribution in [3.63, 3.8) is 0 Å². The van der Waals surface area contributed by atoms with E-state index in [0.717, 1.165) is 0 Å². The van der Waals surface area contributed by atoms with Gasteiger partial charge in [0.15, 0.2) is 7.60 Å². The summed E-state index contributed by atoms with van der Waals surface area (Å²) in [5.41, 5.74) is -0.0908. The Labute approximate surface area is 344 Å². The topological polar surface area (TPSA) is 223 Å². The Bertz CT molecular complexity index is 1200. The van der Waals surface area contributed by atoms with Crippen LogP contribution in [-0.2, 0) is 68.0 Å². The molecule has 0 spiro atoms. The summed E-state index contributed by atoms with van der Waals surface area (Å²) in [6.07, 6.45) is 0.0679. The quantitative estimate of drug-likeness (QED) is 0.0600. The van der Waals surface area contributed by atoms with Gasteiger partial charge in [0.1, 0.15) is 5.75 Å². The summed E-state index contributed by atoms with van der Waals surface area (Å²) in [6.45, 7) is 8.44. The molecule has 0 radical (unpaired) electrons. The monoisotopic (exact) mass is 853 g/mol. The summed E-state index contributed by atoms with van der Waals surface area (Å²) < 4.78 is 65.1. The zero-order valence-corrected chi connectivity index (χ0v) is 35.2. The highest BCUT2D eigenvalue weighted by atomic mass is 31.2. The number of benzene rings is 1. The van der Waals surface area contributed by atoms with Crippen LogP contribution in [0.1, 0.15) is 26.8 Å². The van der Waals surface area contributed by atoms with Gasteiger partial charge in [-0.3, -0.25) is 23.8 Å². The minimum Gasteiger partial charge on any atom is -0.769 e. The molecule has 1 aromatic rings. The van der Waals surface area contributed by atoms with Crippen molar-refractivity contribution >= 4 is 25.3 Å². The van der Waals surface area contributed by atoms with Crippen molar-refractivity contribution < 1.29 is 71.0 Å². The predicted molar refractivity (Wildman–Crippen MR) is 215 cm³/mol. The Balaban J connectivity index is 0.0000325. The van der Waals surface area contributed by atoms with Crippen molar-refractivity contribution in [1.29, 1.82) is 0 Å². The Hall–Kier alpha value is -2.78. The number of rotatable bonds is 38. The zero-order chi connectivity index (χ0) is 42.0. The van der Waals surface area contributed by atoms with Gasteiger partial charge >= 0.3 is 0 Å². The van der Waals surface area contributed by atoms with E-state index in [0.29, 0.717) is 84.8 Å². The van der Waals surface area contributed by atoms with E-state index in [2.05, 4.69) is 16.0 Å². The molecule has 3 N–H and O–H groups in total. The van der Waals surface area contributed by atoms with Gasteiger partial charge < -0.3 is 68.0 Å². The second-order valence-corrected chi connectivity index (χ2v) is 14.9. The molecule has 0 aliphatic carbocycles. The molecule has 0 aromatic heterocycles. The summed E-state index contributed by atoms with van der Waals surface area (Å²) >= 11 is 0. The Morgan fingerprint density at radius 2 is 0.966 bits per heavy atom. The van der Waals surface area contributed by atoms with Gasteiger partial charge in [0.2, 0.25) is 17.7 Å². The molecule has 2 unspecified atom stereocenters. The molecule has 0 saturated heterocycles. The third-order valence-corrected chi connectivity index (χ3v) is 9.48. The third kappa shape index (κ3) is 28.6. The van der Waals surface area contributed by atoms with E-state index in [1.807, 2.05) is 0 Å². The smallest absolute Gasteiger partial charge is 0.237 e. The number of ether oxygens (including phenoxy) is 9. The fourth-order valence-electron chi connectivity index (χ4n) is 4.59. The Morgan fingerprint density at radius 3 is 1.34 bits per heavy atom. The fraction of sp³-hybridized carbons (Fsp3) is 0.763. The average molecular weight is 854 g/mol. The summed E-state index contributed by atoms with van der Waals surface area (Å²) in [7, 11) is 0.615. The second-order valence-electron chi connectivity index (χ2n) is 12.6. The molecule has 0 aliphatic heterocycles. The van der Waals surface area contributed by atoms with Crippen molar-refractivity contribution in [2.45, 2.75) is 39.4 Å². The van der Waals surface area contributed by atoms with Crippen LogP contribution in [0.2, 0.25) is 0 Å². The first-order chi connectivity index (χ1) is 27.5. The number of nitrogens with one attached hydrogen (secondary N) is 3. The number of hydrogen-bond donors (Lipinski definition) is 3. The van der Waals surface area contributed by atoms with Gasteiger partial charge in [-0.2, -0.15) is 0 Å². The van der Waals surface area contributed by atoms with E-state index < -0.39 is 37.0 Å². The van der Waals surface area contributed by atoms with Crippen molar-refractivity contribution in [1.82, 2.24) is 20.9 Å². The molecule has 1 aromatic carbocycles. The van der Waals surface area contributed by atoms with E-state index in [-0.39, 0.29) is 72.1 Å².